The number of nitrogen functional groups attached to an aromatic ring is 1. The second-order valence-corrected chi connectivity index (χ2v) is 4.46. The minimum atomic E-state index is -0.0491. The third-order valence-electron chi connectivity index (χ3n) is 2.28. The van der Waals surface area contributed by atoms with Gasteiger partial charge in [0.25, 0.3) is 0 Å². The third-order valence-corrected chi connectivity index (χ3v) is 3.37. The predicted molar refractivity (Wildman–Crippen MR) is 65.1 cm³/mol. The topological polar surface area (TPSA) is 93.5 Å². The van der Waals surface area contributed by atoms with Gasteiger partial charge in [-0.25, -0.2) is 0 Å². The molecule has 0 aliphatic heterocycles. The highest BCUT2D eigenvalue weighted by Crippen LogP contribution is 2.27. The Hall–Kier alpha value is -1.89. The van der Waals surface area contributed by atoms with Crippen LogP contribution in [-0.4, -0.2) is 25.6 Å². The summed E-state index contributed by atoms with van der Waals surface area (Å²) in [5.74, 6) is 0.785. The van der Waals surface area contributed by atoms with E-state index in [-0.39, 0.29) is 5.84 Å². The fourth-order valence-electron chi connectivity index (χ4n) is 1.25. The molecule has 0 atom stereocenters. The molecule has 2 aromatic heterocycles. The number of nitrogens with zero attached hydrogens (tertiary/aromatic N) is 4. The van der Waals surface area contributed by atoms with Crippen LogP contribution >= 0.6 is 11.8 Å². The maximum absolute atomic E-state index is 7.46. The quantitative estimate of drug-likeness (QED) is 0.623. The van der Waals surface area contributed by atoms with Crippen molar-refractivity contribution in [3.8, 4) is 0 Å². The molecule has 0 aliphatic rings. The van der Waals surface area contributed by atoms with Gasteiger partial charge in [0.05, 0.1) is 0 Å². The molecule has 17 heavy (non-hydrogen) atoms. The zero-order valence-corrected chi connectivity index (χ0v) is 10.3. The van der Waals surface area contributed by atoms with Crippen LogP contribution in [0.25, 0.3) is 0 Å². The molecular weight excluding hydrogens is 236 g/mol. The zero-order valence-electron chi connectivity index (χ0n) is 9.51. The maximum Gasteiger partial charge on any atom is 0.195 e. The summed E-state index contributed by atoms with van der Waals surface area (Å²) < 4.78 is 1.88. The van der Waals surface area contributed by atoms with Crippen molar-refractivity contribution in [1.29, 1.82) is 5.41 Å². The van der Waals surface area contributed by atoms with E-state index in [1.54, 1.807) is 12.3 Å². The first kappa shape index (κ1) is 11.6. The number of rotatable bonds is 3. The lowest BCUT2D eigenvalue weighted by atomic mass is 10.3. The highest BCUT2D eigenvalue weighted by Gasteiger charge is 2.12. The third kappa shape index (κ3) is 2.28. The molecule has 2 heterocycles. The lowest BCUT2D eigenvalue weighted by Gasteiger charge is -2.05. The Morgan fingerprint density at radius 2 is 2.24 bits per heavy atom. The fourth-order valence-corrected chi connectivity index (χ4v) is 2.20. The van der Waals surface area contributed by atoms with E-state index < -0.39 is 0 Å². The van der Waals surface area contributed by atoms with Crippen LogP contribution in [0.3, 0.4) is 0 Å². The standard InChI is InChI=1S/C10H12N6S/c1-6-14-15-10(16(6)2)17-7-4-3-5-13-8(7)9(11)12/h3-5H,1-2H3,(H3,11,12). The number of amidine groups is 1. The minimum Gasteiger partial charge on any atom is -0.382 e. The molecule has 0 saturated heterocycles. The van der Waals surface area contributed by atoms with Crippen molar-refractivity contribution in [2.45, 2.75) is 17.0 Å². The SMILES string of the molecule is Cc1nnc(Sc2cccnc2C(=N)N)n1C. The van der Waals surface area contributed by atoms with E-state index in [0.717, 1.165) is 15.9 Å². The Morgan fingerprint density at radius 1 is 1.47 bits per heavy atom. The van der Waals surface area contributed by atoms with Crippen LogP contribution in [-0.2, 0) is 7.05 Å². The van der Waals surface area contributed by atoms with E-state index in [0.29, 0.717) is 5.69 Å². The summed E-state index contributed by atoms with van der Waals surface area (Å²) in [6.07, 6.45) is 1.61. The van der Waals surface area contributed by atoms with Crippen molar-refractivity contribution in [3.63, 3.8) is 0 Å². The van der Waals surface area contributed by atoms with Crippen LogP contribution in [0.5, 0.6) is 0 Å². The number of aromatic nitrogens is 4. The Balaban J connectivity index is 2.36. The van der Waals surface area contributed by atoms with E-state index in [1.165, 1.54) is 11.8 Å². The first-order valence-electron chi connectivity index (χ1n) is 4.93. The molecule has 2 aromatic rings. The lowest BCUT2D eigenvalue weighted by Crippen LogP contribution is -2.14. The Kier molecular flexibility index (Phi) is 3.10. The van der Waals surface area contributed by atoms with Gasteiger partial charge in [0.15, 0.2) is 5.16 Å². The largest absolute Gasteiger partial charge is 0.382 e. The number of pyridine rings is 1. The summed E-state index contributed by atoms with van der Waals surface area (Å²) in [6, 6.07) is 3.66. The number of hydrogen-bond donors (Lipinski definition) is 2. The van der Waals surface area contributed by atoms with Crippen molar-refractivity contribution in [1.82, 2.24) is 19.7 Å². The lowest BCUT2D eigenvalue weighted by molar-refractivity contribution is 0.765. The molecule has 0 radical (unpaired) electrons. The van der Waals surface area contributed by atoms with E-state index in [4.69, 9.17) is 11.1 Å². The van der Waals surface area contributed by atoms with Gasteiger partial charge >= 0.3 is 0 Å². The van der Waals surface area contributed by atoms with Crippen molar-refractivity contribution in [3.05, 3.63) is 29.8 Å². The van der Waals surface area contributed by atoms with E-state index in [2.05, 4.69) is 15.2 Å². The highest BCUT2D eigenvalue weighted by molar-refractivity contribution is 7.99. The van der Waals surface area contributed by atoms with Gasteiger partial charge in [0.1, 0.15) is 17.4 Å². The normalized spacial score (nSPS) is 10.5. The van der Waals surface area contributed by atoms with E-state index >= 15 is 0 Å². The van der Waals surface area contributed by atoms with Crippen molar-refractivity contribution in [2.24, 2.45) is 12.8 Å². The average Bonchev–Trinajstić information content (AvgIpc) is 2.61. The van der Waals surface area contributed by atoms with Gasteiger partial charge in [-0.15, -0.1) is 10.2 Å². The molecule has 0 unspecified atom stereocenters. The molecule has 0 bridgehead atoms. The summed E-state index contributed by atoms with van der Waals surface area (Å²) in [5, 5.41) is 16.2. The fraction of sp³-hybridized carbons (Fsp3) is 0.200. The zero-order chi connectivity index (χ0) is 12.4. The average molecular weight is 248 g/mol. The van der Waals surface area contributed by atoms with E-state index in [9.17, 15) is 0 Å². The molecule has 88 valence electrons. The van der Waals surface area contributed by atoms with Crippen LogP contribution in [0.1, 0.15) is 11.5 Å². The van der Waals surface area contributed by atoms with Gasteiger partial charge in [-0.1, -0.05) is 0 Å². The van der Waals surface area contributed by atoms with Gasteiger partial charge < -0.3 is 10.3 Å². The maximum atomic E-state index is 7.46. The van der Waals surface area contributed by atoms with Crippen LogP contribution in [0, 0.1) is 12.3 Å². The van der Waals surface area contributed by atoms with Gasteiger partial charge in [0.2, 0.25) is 0 Å². The predicted octanol–water partition coefficient (Wildman–Crippen LogP) is 0.954. The Bertz CT molecular complexity index is 562. The van der Waals surface area contributed by atoms with Gasteiger partial charge in [-0.2, -0.15) is 0 Å². The Labute approximate surface area is 103 Å². The van der Waals surface area contributed by atoms with Crippen molar-refractivity contribution in [2.75, 3.05) is 0 Å². The van der Waals surface area contributed by atoms with Crippen LogP contribution in [0.15, 0.2) is 28.4 Å². The summed E-state index contributed by atoms with van der Waals surface area (Å²) in [5.41, 5.74) is 5.95. The van der Waals surface area contributed by atoms with Crippen LogP contribution < -0.4 is 5.73 Å². The number of hydrogen-bond acceptors (Lipinski definition) is 5. The molecule has 2 rings (SSSR count). The van der Waals surface area contributed by atoms with Gasteiger partial charge in [0, 0.05) is 18.1 Å². The minimum absolute atomic E-state index is 0.0491. The molecule has 0 spiro atoms. The smallest absolute Gasteiger partial charge is 0.195 e. The molecule has 0 fully saturated rings. The first-order chi connectivity index (χ1) is 8.09. The molecule has 0 aliphatic carbocycles. The van der Waals surface area contributed by atoms with E-state index in [1.807, 2.05) is 24.6 Å². The molecule has 0 aromatic carbocycles. The van der Waals surface area contributed by atoms with Crippen LogP contribution in [0.4, 0.5) is 0 Å². The summed E-state index contributed by atoms with van der Waals surface area (Å²) in [7, 11) is 1.89. The van der Waals surface area contributed by atoms with Crippen LogP contribution in [0.2, 0.25) is 0 Å². The second-order valence-electron chi connectivity index (χ2n) is 3.45. The van der Waals surface area contributed by atoms with Gasteiger partial charge in [-0.3, -0.25) is 10.4 Å². The summed E-state index contributed by atoms with van der Waals surface area (Å²) in [6.45, 7) is 1.88. The summed E-state index contributed by atoms with van der Waals surface area (Å²) in [4.78, 5) is 4.88. The molecular formula is C10H12N6S. The monoisotopic (exact) mass is 248 g/mol. The highest BCUT2D eigenvalue weighted by atomic mass is 32.2. The summed E-state index contributed by atoms with van der Waals surface area (Å²) >= 11 is 1.40. The second kappa shape index (κ2) is 4.54. The Morgan fingerprint density at radius 3 is 2.82 bits per heavy atom. The number of nitrogens with one attached hydrogen (secondary N) is 1. The first-order valence-corrected chi connectivity index (χ1v) is 5.74. The molecule has 7 heteroatoms. The van der Waals surface area contributed by atoms with Gasteiger partial charge in [-0.05, 0) is 30.8 Å². The van der Waals surface area contributed by atoms with Crippen molar-refractivity contribution < 1.29 is 0 Å². The molecule has 0 amide bonds. The van der Waals surface area contributed by atoms with Crippen molar-refractivity contribution >= 4 is 17.6 Å². The molecule has 0 saturated carbocycles. The molecule has 3 N–H and O–H groups in total. The number of nitrogens with two attached hydrogens (primary N) is 1. The molecule has 6 nitrogen and oxygen atoms in total. The number of aryl methyl sites for hydroxylation is 1.